The van der Waals surface area contributed by atoms with E-state index in [1.807, 2.05) is 0 Å². The molecule has 1 saturated carbocycles. The Kier molecular flexibility index (Phi) is 3.76. The van der Waals surface area contributed by atoms with Crippen LogP contribution in [0.5, 0.6) is 11.5 Å². The Hall–Kier alpha value is -1.29. The molecule has 0 radical (unpaired) electrons. The van der Waals surface area contributed by atoms with Crippen molar-refractivity contribution in [2.75, 3.05) is 20.8 Å². The van der Waals surface area contributed by atoms with Crippen LogP contribution < -0.4 is 15.2 Å². The molecule has 0 spiro atoms. The van der Waals surface area contributed by atoms with Gasteiger partial charge in [0.25, 0.3) is 0 Å². The van der Waals surface area contributed by atoms with Crippen molar-refractivity contribution in [2.45, 2.75) is 31.1 Å². The number of hydrogen-bond donors (Lipinski definition) is 1. The van der Waals surface area contributed by atoms with E-state index in [0.29, 0.717) is 23.6 Å². The highest BCUT2D eigenvalue weighted by Gasteiger charge is 2.39. The molecule has 0 aliphatic heterocycles. The molecule has 2 rings (SSSR count). The van der Waals surface area contributed by atoms with Crippen LogP contribution in [0.1, 0.15) is 31.2 Å². The predicted molar refractivity (Wildman–Crippen MR) is 68.7 cm³/mol. The molecule has 0 aromatic heterocycles. The van der Waals surface area contributed by atoms with Gasteiger partial charge < -0.3 is 15.2 Å². The van der Waals surface area contributed by atoms with Crippen molar-refractivity contribution in [1.29, 1.82) is 0 Å². The summed E-state index contributed by atoms with van der Waals surface area (Å²) in [6, 6.07) is 3.03. The summed E-state index contributed by atoms with van der Waals surface area (Å²) in [5.74, 6) is 0.804. The number of hydrogen-bond acceptors (Lipinski definition) is 3. The summed E-state index contributed by atoms with van der Waals surface area (Å²) in [6.45, 7) is 0.438. The van der Waals surface area contributed by atoms with Crippen molar-refractivity contribution in [1.82, 2.24) is 0 Å². The topological polar surface area (TPSA) is 44.5 Å². The minimum Gasteiger partial charge on any atom is -0.493 e. The van der Waals surface area contributed by atoms with Crippen LogP contribution in [0.3, 0.4) is 0 Å². The number of halogens is 1. The van der Waals surface area contributed by atoms with E-state index in [1.165, 1.54) is 6.07 Å². The first-order chi connectivity index (χ1) is 8.68. The Morgan fingerprint density at radius 1 is 1.22 bits per heavy atom. The highest BCUT2D eigenvalue weighted by molar-refractivity contribution is 5.51. The third kappa shape index (κ3) is 1.94. The van der Waals surface area contributed by atoms with E-state index in [9.17, 15) is 4.39 Å². The van der Waals surface area contributed by atoms with Gasteiger partial charge in [0.15, 0.2) is 11.5 Å². The largest absolute Gasteiger partial charge is 0.493 e. The molecule has 18 heavy (non-hydrogen) atoms. The maximum Gasteiger partial charge on any atom is 0.167 e. The van der Waals surface area contributed by atoms with Crippen LogP contribution in [0.25, 0.3) is 0 Å². The van der Waals surface area contributed by atoms with Gasteiger partial charge in [0.2, 0.25) is 0 Å². The minimum absolute atomic E-state index is 0.250. The third-order valence-electron chi connectivity index (χ3n) is 3.98. The SMILES string of the molecule is COc1ccc(F)c(C2(CN)CCCC2)c1OC. The van der Waals surface area contributed by atoms with Crippen LogP contribution in [0.4, 0.5) is 4.39 Å². The Balaban J connectivity index is 2.60. The second-order valence-corrected chi connectivity index (χ2v) is 4.85. The lowest BCUT2D eigenvalue weighted by Gasteiger charge is -2.30. The molecule has 1 aliphatic carbocycles. The van der Waals surface area contributed by atoms with Gasteiger partial charge in [-0.15, -0.1) is 0 Å². The van der Waals surface area contributed by atoms with E-state index >= 15 is 0 Å². The maximum atomic E-state index is 14.2. The van der Waals surface area contributed by atoms with Gasteiger partial charge in [0, 0.05) is 17.5 Å². The normalized spacial score (nSPS) is 17.8. The summed E-state index contributed by atoms with van der Waals surface area (Å²) < 4.78 is 24.9. The summed E-state index contributed by atoms with van der Waals surface area (Å²) in [7, 11) is 3.10. The van der Waals surface area contributed by atoms with E-state index in [2.05, 4.69) is 0 Å². The van der Waals surface area contributed by atoms with Crippen LogP contribution in [0.2, 0.25) is 0 Å². The van der Waals surface area contributed by atoms with Crippen molar-refractivity contribution < 1.29 is 13.9 Å². The van der Waals surface area contributed by atoms with Crippen molar-refractivity contribution in [3.8, 4) is 11.5 Å². The molecule has 3 nitrogen and oxygen atoms in total. The molecule has 1 aromatic rings. The summed E-state index contributed by atoms with van der Waals surface area (Å²) in [6.07, 6.45) is 3.97. The fourth-order valence-corrected chi connectivity index (χ4v) is 3.01. The van der Waals surface area contributed by atoms with Crippen LogP contribution in [0.15, 0.2) is 12.1 Å². The van der Waals surface area contributed by atoms with Gasteiger partial charge in [0.1, 0.15) is 5.82 Å². The lowest BCUT2D eigenvalue weighted by atomic mass is 9.78. The number of benzene rings is 1. The van der Waals surface area contributed by atoms with E-state index in [1.54, 1.807) is 20.3 Å². The van der Waals surface area contributed by atoms with Gasteiger partial charge in [-0.1, -0.05) is 12.8 Å². The van der Waals surface area contributed by atoms with Gasteiger partial charge >= 0.3 is 0 Å². The van der Waals surface area contributed by atoms with Gasteiger partial charge in [-0.3, -0.25) is 0 Å². The summed E-state index contributed by atoms with van der Waals surface area (Å²) in [5.41, 5.74) is 6.21. The van der Waals surface area contributed by atoms with Crippen molar-refractivity contribution in [3.05, 3.63) is 23.5 Å². The van der Waals surface area contributed by atoms with Crippen LogP contribution >= 0.6 is 0 Å². The van der Waals surface area contributed by atoms with Crippen LogP contribution in [-0.4, -0.2) is 20.8 Å². The summed E-state index contributed by atoms with van der Waals surface area (Å²) in [4.78, 5) is 0. The fraction of sp³-hybridized carbons (Fsp3) is 0.571. The third-order valence-corrected chi connectivity index (χ3v) is 3.98. The van der Waals surface area contributed by atoms with E-state index < -0.39 is 0 Å². The van der Waals surface area contributed by atoms with Crippen LogP contribution in [-0.2, 0) is 5.41 Å². The maximum absolute atomic E-state index is 14.2. The summed E-state index contributed by atoms with van der Waals surface area (Å²) >= 11 is 0. The fourth-order valence-electron chi connectivity index (χ4n) is 3.01. The van der Waals surface area contributed by atoms with Gasteiger partial charge in [-0.2, -0.15) is 0 Å². The average molecular weight is 253 g/mol. The Morgan fingerprint density at radius 2 is 1.89 bits per heavy atom. The standard InChI is InChI=1S/C14H20FNO2/c1-17-11-6-5-10(15)12(13(11)18-2)14(9-16)7-3-4-8-14/h5-6H,3-4,7-9,16H2,1-2H3. The molecule has 1 aromatic carbocycles. The Morgan fingerprint density at radius 3 is 2.39 bits per heavy atom. The molecule has 100 valence electrons. The second-order valence-electron chi connectivity index (χ2n) is 4.85. The lowest BCUT2D eigenvalue weighted by molar-refractivity contribution is 0.328. The van der Waals surface area contributed by atoms with Crippen LogP contribution in [0, 0.1) is 5.82 Å². The number of ether oxygens (including phenoxy) is 2. The molecule has 2 N–H and O–H groups in total. The zero-order chi connectivity index (χ0) is 13.2. The molecule has 0 bridgehead atoms. The van der Waals surface area contributed by atoms with Crippen molar-refractivity contribution in [3.63, 3.8) is 0 Å². The molecular formula is C14H20FNO2. The molecule has 0 saturated heterocycles. The first kappa shape index (κ1) is 13.1. The average Bonchev–Trinajstić information content (AvgIpc) is 2.87. The Labute approximate surface area is 107 Å². The highest BCUT2D eigenvalue weighted by Crippen LogP contribution is 2.48. The van der Waals surface area contributed by atoms with Crippen molar-refractivity contribution in [2.24, 2.45) is 5.73 Å². The molecule has 1 fully saturated rings. The highest BCUT2D eigenvalue weighted by atomic mass is 19.1. The monoisotopic (exact) mass is 253 g/mol. The first-order valence-electron chi connectivity index (χ1n) is 6.29. The van der Waals surface area contributed by atoms with Crippen molar-refractivity contribution >= 4 is 0 Å². The number of nitrogens with two attached hydrogens (primary N) is 1. The molecule has 0 unspecified atom stereocenters. The second kappa shape index (κ2) is 5.14. The van der Waals surface area contributed by atoms with E-state index in [4.69, 9.17) is 15.2 Å². The lowest BCUT2D eigenvalue weighted by Crippen LogP contribution is -2.33. The van der Waals surface area contributed by atoms with E-state index in [0.717, 1.165) is 25.7 Å². The first-order valence-corrected chi connectivity index (χ1v) is 6.29. The number of rotatable bonds is 4. The molecule has 0 amide bonds. The smallest absolute Gasteiger partial charge is 0.167 e. The molecule has 0 heterocycles. The minimum atomic E-state index is -0.302. The quantitative estimate of drug-likeness (QED) is 0.897. The number of methoxy groups -OCH3 is 2. The molecule has 1 aliphatic rings. The van der Waals surface area contributed by atoms with Gasteiger partial charge in [-0.25, -0.2) is 4.39 Å². The predicted octanol–water partition coefficient (Wildman–Crippen LogP) is 2.61. The zero-order valence-electron chi connectivity index (χ0n) is 11.0. The summed E-state index contributed by atoms with van der Waals surface area (Å²) in [5, 5.41) is 0. The molecular weight excluding hydrogens is 233 g/mol. The van der Waals surface area contributed by atoms with Gasteiger partial charge in [-0.05, 0) is 25.0 Å². The Bertz CT molecular complexity index is 428. The molecule has 0 atom stereocenters. The zero-order valence-corrected chi connectivity index (χ0v) is 11.0. The molecule has 4 heteroatoms. The van der Waals surface area contributed by atoms with Gasteiger partial charge in [0.05, 0.1) is 14.2 Å². The van der Waals surface area contributed by atoms with E-state index in [-0.39, 0.29) is 11.2 Å².